The molecular formula is C7H9ClN2O. The molecule has 1 amide bonds. The minimum Gasteiger partial charge on any atom is -0.366 e. The normalized spacial score (nSPS) is 9.55. The molecule has 0 aliphatic rings. The first-order valence-electron chi connectivity index (χ1n) is 3.31. The number of aromatic nitrogens is 1. The van der Waals surface area contributed by atoms with E-state index < -0.39 is 0 Å². The van der Waals surface area contributed by atoms with Crippen LogP contribution in [0.4, 0.5) is 5.69 Å². The van der Waals surface area contributed by atoms with Crippen LogP contribution in [0.15, 0.2) is 18.5 Å². The lowest BCUT2D eigenvalue weighted by Crippen LogP contribution is -2.10. The maximum Gasteiger partial charge on any atom is 0.225 e. The molecule has 0 radical (unpaired) electrons. The molecule has 3 nitrogen and oxygen atoms in total. The number of hydrogen-bond acceptors (Lipinski definition) is 1. The number of halogens is 1. The Hall–Kier alpha value is -0.960. The zero-order valence-electron chi connectivity index (χ0n) is 5.93. The van der Waals surface area contributed by atoms with Gasteiger partial charge < -0.3 is 10.3 Å². The summed E-state index contributed by atoms with van der Waals surface area (Å²) in [6, 6.07) is 1.78. The predicted molar refractivity (Wildman–Crippen MR) is 44.8 cm³/mol. The van der Waals surface area contributed by atoms with Crippen LogP contribution < -0.4 is 5.32 Å². The summed E-state index contributed by atoms with van der Waals surface area (Å²) in [5.74, 6) is 0.301. The molecule has 0 aromatic carbocycles. The number of rotatable bonds is 3. The Balaban J connectivity index is 2.37. The van der Waals surface area contributed by atoms with Crippen LogP contribution in [-0.4, -0.2) is 16.8 Å². The Bertz CT molecular complexity index is 220. The molecule has 1 aromatic heterocycles. The van der Waals surface area contributed by atoms with Gasteiger partial charge >= 0.3 is 0 Å². The fraction of sp³-hybridized carbons (Fsp3) is 0.286. The molecule has 11 heavy (non-hydrogen) atoms. The smallest absolute Gasteiger partial charge is 0.225 e. The quantitative estimate of drug-likeness (QED) is 0.669. The van der Waals surface area contributed by atoms with Crippen LogP contribution in [0.25, 0.3) is 0 Å². The summed E-state index contributed by atoms with van der Waals surface area (Å²) in [7, 11) is 0. The maximum absolute atomic E-state index is 10.9. The van der Waals surface area contributed by atoms with Crippen molar-refractivity contribution in [1.29, 1.82) is 0 Å². The zero-order valence-corrected chi connectivity index (χ0v) is 6.69. The topological polar surface area (TPSA) is 44.9 Å². The van der Waals surface area contributed by atoms with Crippen molar-refractivity contribution in [1.82, 2.24) is 4.98 Å². The van der Waals surface area contributed by atoms with Gasteiger partial charge in [0.2, 0.25) is 5.91 Å². The second kappa shape index (κ2) is 4.03. The molecule has 0 atom stereocenters. The summed E-state index contributed by atoms with van der Waals surface area (Å²) in [6.45, 7) is 0. The highest BCUT2D eigenvalue weighted by atomic mass is 35.5. The van der Waals surface area contributed by atoms with Gasteiger partial charge in [-0.25, -0.2) is 0 Å². The SMILES string of the molecule is O=C(CCCl)Nc1cc[nH]c1. The maximum atomic E-state index is 10.9. The summed E-state index contributed by atoms with van der Waals surface area (Å²) >= 11 is 5.37. The van der Waals surface area contributed by atoms with Gasteiger partial charge in [0.15, 0.2) is 0 Å². The van der Waals surface area contributed by atoms with E-state index in [1.165, 1.54) is 0 Å². The lowest BCUT2D eigenvalue weighted by molar-refractivity contribution is -0.115. The largest absolute Gasteiger partial charge is 0.366 e. The molecule has 0 spiro atoms. The minimum atomic E-state index is -0.0559. The van der Waals surface area contributed by atoms with E-state index in [-0.39, 0.29) is 5.91 Å². The van der Waals surface area contributed by atoms with Gasteiger partial charge in [0.05, 0.1) is 5.69 Å². The number of carbonyl (C=O) groups excluding carboxylic acids is 1. The number of aromatic amines is 1. The molecule has 0 aliphatic carbocycles. The van der Waals surface area contributed by atoms with Crippen LogP contribution in [0.5, 0.6) is 0 Å². The number of H-pyrrole nitrogens is 1. The number of nitrogens with one attached hydrogen (secondary N) is 2. The van der Waals surface area contributed by atoms with Crippen molar-refractivity contribution in [2.24, 2.45) is 0 Å². The number of carbonyl (C=O) groups is 1. The fourth-order valence-corrected chi connectivity index (χ4v) is 0.883. The summed E-state index contributed by atoms with van der Waals surface area (Å²) in [4.78, 5) is 13.7. The molecule has 0 saturated heterocycles. The Morgan fingerprint density at radius 2 is 2.55 bits per heavy atom. The van der Waals surface area contributed by atoms with E-state index in [0.29, 0.717) is 12.3 Å². The second-order valence-corrected chi connectivity index (χ2v) is 2.46. The summed E-state index contributed by atoms with van der Waals surface area (Å²) in [5.41, 5.74) is 0.778. The van der Waals surface area contributed by atoms with Crippen LogP contribution in [0, 0.1) is 0 Å². The van der Waals surface area contributed by atoms with Crippen LogP contribution in [-0.2, 0) is 4.79 Å². The average molecular weight is 173 g/mol. The van der Waals surface area contributed by atoms with E-state index in [4.69, 9.17) is 11.6 Å². The van der Waals surface area contributed by atoms with E-state index in [2.05, 4.69) is 10.3 Å². The number of anilines is 1. The first kappa shape index (κ1) is 8.14. The molecule has 1 aromatic rings. The first-order chi connectivity index (χ1) is 5.33. The molecular weight excluding hydrogens is 164 g/mol. The van der Waals surface area contributed by atoms with E-state index in [9.17, 15) is 4.79 Å². The molecule has 4 heteroatoms. The van der Waals surface area contributed by atoms with E-state index >= 15 is 0 Å². The predicted octanol–water partition coefficient (Wildman–Crippen LogP) is 1.58. The van der Waals surface area contributed by atoms with Crippen molar-refractivity contribution in [3.05, 3.63) is 18.5 Å². The van der Waals surface area contributed by atoms with Gasteiger partial charge in [-0.05, 0) is 6.07 Å². The van der Waals surface area contributed by atoms with Crippen LogP contribution in [0.3, 0.4) is 0 Å². The molecule has 60 valence electrons. The van der Waals surface area contributed by atoms with E-state index in [1.807, 2.05) is 0 Å². The average Bonchev–Trinajstić information content (AvgIpc) is 2.40. The molecule has 0 fully saturated rings. The van der Waals surface area contributed by atoms with Crippen LogP contribution in [0.2, 0.25) is 0 Å². The van der Waals surface area contributed by atoms with Gasteiger partial charge in [0.25, 0.3) is 0 Å². The van der Waals surface area contributed by atoms with Crippen molar-refractivity contribution in [2.75, 3.05) is 11.2 Å². The number of alkyl halides is 1. The third kappa shape index (κ3) is 2.63. The van der Waals surface area contributed by atoms with Gasteiger partial charge in [-0.15, -0.1) is 11.6 Å². The standard InChI is InChI=1S/C7H9ClN2O/c8-3-1-7(11)10-6-2-4-9-5-6/h2,4-5,9H,1,3H2,(H,10,11). The molecule has 0 saturated carbocycles. The molecule has 0 aliphatic heterocycles. The number of hydrogen-bond donors (Lipinski definition) is 2. The Kier molecular flexibility index (Phi) is 2.98. The highest BCUT2D eigenvalue weighted by molar-refractivity contribution is 6.19. The number of amides is 1. The Morgan fingerprint density at radius 1 is 1.73 bits per heavy atom. The van der Waals surface area contributed by atoms with Crippen molar-refractivity contribution >= 4 is 23.2 Å². The van der Waals surface area contributed by atoms with Crippen LogP contribution >= 0.6 is 11.6 Å². The Labute approximate surface area is 69.8 Å². The molecule has 1 heterocycles. The monoisotopic (exact) mass is 172 g/mol. The molecule has 2 N–H and O–H groups in total. The van der Waals surface area contributed by atoms with Crippen molar-refractivity contribution in [2.45, 2.75) is 6.42 Å². The first-order valence-corrected chi connectivity index (χ1v) is 3.85. The molecule has 0 unspecified atom stereocenters. The van der Waals surface area contributed by atoms with E-state index in [1.54, 1.807) is 18.5 Å². The fourth-order valence-electron chi connectivity index (χ4n) is 0.711. The highest BCUT2D eigenvalue weighted by Gasteiger charge is 1.99. The van der Waals surface area contributed by atoms with Gasteiger partial charge in [-0.1, -0.05) is 0 Å². The summed E-state index contributed by atoms with van der Waals surface area (Å²) < 4.78 is 0. The van der Waals surface area contributed by atoms with Crippen molar-refractivity contribution in [3.8, 4) is 0 Å². The van der Waals surface area contributed by atoms with Gasteiger partial charge in [0.1, 0.15) is 0 Å². The minimum absolute atomic E-state index is 0.0559. The van der Waals surface area contributed by atoms with Gasteiger partial charge in [-0.3, -0.25) is 4.79 Å². The van der Waals surface area contributed by atoms with Crippen LogP contribution in [0.1, 0.15) is 6.42 Å². The van der Waals surface area contributed by atoms with Crippen molar-refractivity contribution < 1.29 is 4.79 Å². The lowest BCUT2D eigenvalue weighted by Gasteiger charge is -1.98. The third-order valence-corrected chi connectivity index (χ3v) is 1.39. The lowest BCUT2D eigenvalue weighted by atomic mass is 10.4. The molecule has 1 rings (SSSR count). The summed E-state index contributed by atoms with van der Waals surface area (Å²) in [5, 5.41) is 2.67. The van der Waals surface area contributed by atoms with Gasteiger partial charge in [-0.2, -0.15) is 0 Å². The highest BCUT2D eigenvalue weighted by Crippen LogP contribution is 2.03. The Morgan fingerprint density at radius 3 is 3.09 bits per heavy atom. The second-order valence-electron chi connectivity index (χ2n) is 2.09. The molecule has 0 bridgehead atoms. The zero-order chi connectivity index (χ0) is 8.10. The summed E-state index contributed by atoms with van der Waals surface area (Å²) in [6.07, 6.45) is 3.81. The van der Waals surface area contributed by atoms with E-state index in [0.717, 1.165) is 5.69 Å². The third-order valence-electron chi connectivity index (χ3n) is 1.20. The van der Waals surface area contributed by atoms with Crippen molar-refractivity contribution in [3.63, 3.8) is 0 Å². The van der Waals surface area contributed by atoms with Gasteiger partial charge in [0, 0.05) is 24.7 Å².